The van der Waals surface area contributed by atoms with E-state index in [1.807, 2.05) is 0 Å². The number of rotatable bonds is 23. The van der Waals surface area contributed by atoms with Gasteiger partial charge in [-0.15, -0.1) is 0 Å². The van der Waals surface area contributed by atoms with Crippen LogP contribution in [0.3, 0.4) is 0 Å². The fraction of sp³-hybridized carbons (Fsp3) is 0.923. The molecule has 0 fully saturated rings. The fourth-order valence-corrected chi connectivity index (χ4v) is 4.01. The number of hydrogen-bond acceptors (Lipinski definition) is 3. The largest absolute Gasteiger partial charge is 0.354 e. The van der Waals surface area contributed by atoms with Crippen LogP contribution in [0.5, 0.6) is 0 Å². The van der Waals surface area contributed by atoms with Crippen LogP contribution in [0.15, 0.2) is 0 Å². The molecule has 31 heavy (non-hydrogen) atoms. The zero-order valence-electron chi connectivity index (χ0n) is 20.8. The van der Waals surface area contributed by atoms with Gasteiger partial charge in [-0.3, -0.25) is 9.59 Å². The number of amides is 2. The summed E-state index contributed by atoms with van der Waals surface area (Å²) in [5.74, 6) is -0.219. The maximum absolute atomic E-state index is 12.3. The van der Waals surface area contributed by atoms with E-state index in [1.165, 1.54) is 96.8 Å². The van der Waals surface area contributed by atoms with Crippen molar-refractivity contribution < 1.29 is 9.59 Å². The minimum absolute atomic E-state index is 0.0619. The van der Waals surface area contributed by atoms with E-state index >= 15 is 0 Å². The van der Waals surface area contributed by atoms with E-state index in [0.29, 0.717) is 19.5 Å². The third kappa shape index (κ3) is 21.9. The highest BCUT2D eigenvalue weighted by Crippen LogP contribution is 2.13. The minimum atomic E-state index is -0.426. The van der Waals surface area contributed by atoms with Crippen molar-refractivity contribution >= 4 is 11.8 Å². The van der Waals surface area contributed by atoms with Crippen molar-refractivity contribution in [3.05, 3.63) is 0 Å². The van der Waals surface area contributed by atoms with Gasteiger partial charge >= 0.3 is 0 Å². The molecule has 0 aromatic rings. The number of hydrogen-bond donors (Lipinski definition) is 3. The first-order chi connectivity index (χ1) is 15.1. The van der Waals surface area contributed by atoms with Crippen LogP contribution in [0, 0.1) is 0 Å². The van der Waals surface area contributed by atoms with Crippen LogP contribution in [0.25, 0.3) is 0 Å². The molecule has 0 rings (SSSR count). The van der Waals surface area contributed by atoms with Gasteiger partial charge < -0.3 is 16.4 Å². The third-order valence-corrected chi connectivity index (χ3v) is 5.97. The topological polar surface area (TPSA) is 84.2 Å². The molecule has 4 N–H and O–H groups in total. The minimum Gasteiger partial charge on any atom is -0.354 e. The summed E-state index contributed by atoms with van der Waals surface area (Å²) in [6.45, 7) is 5.05. The third-order valence-electron chi connectivity index (χ3n) is 5.97. The molecule has 5 heteroatoms. The molecule has 0 aromatic heterocycles. The first-order valence-electron chi connectivity index (χ1n) is 13.4. The number of carbonyl (C=O) groups is 2. The fourth-order valence-electron chi connectivity index (χ4n) is 4.01. The highest BCUT2D eigenvalue weighted by molar-refractivity contribution is 5.86. The molecule has 0 bridgehead atoms. The second-order valence-electron chi connectivity index (χ2n) is 9.13. The van der Waals surface area contributed by atoms with Gasteiger partial charge in [0.1, 0.15) is 6.04 Å². The molecule has 1 unspecified atom stereocenters. The Morgan fingerprint density at radius 1 is 0.677 bits per heavy atom. The molecular weight excluding hydrogens is 386 g/mol. The Balaban J connectivity index is 3.45. The standard InChI is InChI=1S/C26H53N3O2/c1-3-4-5-6-7-8-9-10-11-12-13-14-15-16-17-20-23-28-26(31)25(29-24(2)30)21-18-19-22-27/h25H,3-23,27H2,1-2H3,(H,28,31)(H,29,30). The van der Waals surface area contributed by atoms with Crippen LogP contribution in [0.2, 0.25) is 0 Å². The van der Waals surface area contributed by atoms with Gasteiger partial charge in [0.25, 0.3) is 0 Å². The summed E-state index contributed by atoms with van der Waals surface area (Å²) in [7, 11) is 0. The number of unbranched alkanes of at least 4 members (excludes halogenated alkanes) is 16. The number of nitrogens with one attached hydrogen (secondary N) is 2. The Hall–Kier alpha value is -1.10. The van der Waals surface area contributed by atoms with Gasteiger partial charge in [0.2, 0.25) is 11.8 Å². The van der Waals surface area contributed by atoms with Gasteiger partial charge in [0.15, 0.2) is 0 Å². The summed E-state index contributed by atoms with van der Waals surface area (Å²) >= 11 is 0. The SMILES string of the molecule is CCCCCCCCCCCCCCCCCCNC(=O)C(CCCCN)NC(C)=O. The summed E-state index contributed by atoms with van der Waals surface area (Å²) in [6, 6.07) is -0.426. The lowest BCUT2D eigenvalue weighted by atomic mass is 10.0. The first-order valence-corrected chi connectivity index (χ1v) is 13.4. The second kappa shape index (κ2) is 23.6. The predicted molar refractivity (Wildman–Crippen MR) is 133 cm³/mol. The van der Waals surface area contributed by atoms with Gasteiger partial charge in [0, 0.05) is 13.5 Å². The Kier molecular flexibility index (Phi) is 22.7. The average Bonchev–Trinajstić information content (AvgIpc) is 2.75. The zero-order valence-corrected chi connectivity index (χ0v) is 20.8. The molecule has 0 spiro atoms. The van der Waals surface area contributed by atoms with Crippen molar-refractivity contribution in [2.75, 3.05) is 13.1 Å². The van der Waals surface area contributed by atoms with Crippen LogP contribution in [-0.2, 0) is 9.59 Å². The average molecular weight is 440 g/mol. The molecule has 2 amide bonds. The van der Waals surface area contributed by atoms with E-state index in [-0.39, 0.29) is 11.8 Å². The van der Waals surface area contributed by atoms with Crippen molar-refractivity contribution in [2.24, 2.45) is 5.73 Å². The van der Waals surface area contributed by atoms with Gasteiger partial charge in [-0.25, -0.2) is 0 Å². The van der Waals surface area contributed by atoms with E-state index in [2.05, 4.69) is 17.6 Å². The van der Waals surface area contributed by atoms with E-state index in [9.17, 15) is 9.59 Å². The number of carbonyl (C=O) groups excluding carboxylic acids is 2. The number of nitrogens with two attached hydrogens (primary N) is 1. The van der Waals surface area contributed by atoms with E-state index in [0.717, 1.165) is 25.7 Å². The molecule has 0 aliphatic heterocycles. The highest BCUT2D eigenvalue weighted by Gasteiger charge is 2.18. The molecule has 0 saturated heterocycles. The molecule has 184 valence electrons. The van der Waals surface area contributed by atoms with Gasteiger partial charge in [-0.1, -0.05) is 103 Å². The van der Waals surface area contributed by atoms with Crippen LogP contribution >= 0.6 is 0 Å². The van der Waals surface area contributed by atoms with Crippen molar-refractivity contribution in [1.82, 2.24) is 10.6 Å². The van der Waals surface area contributed by atoms with Crippen LogP contribution < -0.4 is 16.4 Å². The van der Waals surface area contributed by atoms with E-state index in [1.54, 1.807) is 0 Å². The molecule has 0 radical (unpaired) electrons. The van der Waals surface area contributed by atoms with Crippen LogP contribution in [0.4, 0.5) is 0 Å². The van der Waals surface area contributed by atoms with Crippen molar-refractivity contribution in [3.63, 3.8) is 0 Å². The lowest BCUT2D eigenvalue weighted by Crippen LogP contribution is -2.46. The molecule has 0 saturated carbocycles. The lowest BCUT2D eigenvalue weighted by molar-refractivity contribution is -0.128. The molecule has 0 aliphatic rings. The van der Waals surface area contributed by atoms with Crippen LogP contribution in [0.1, 0.15) is 136 Å². The molecule has 1 atom stereocenters. The molecule has 0 heterocycles. The summed E-state index contributed by atoms with van der Waals surface area (Å²) in [5, 5.41) is 5.73. The monoisotopic (exact) mass is 439 g/mol. The van der Waals surface area contributed by atoms with Gasteiger partial charge in [-0.2, -0.15) is 0 Å². The summed E-state index contributed by atoms with van der Waals surface area (Å²) in [5.41, 5.74) is 5.51. The molecule has 0 aliphatic carbocycles. The van der Waals surface area contributed by atoms with Gasteiger partial charge in [0.05, 0.1) is 0 Å². The summed E-state index contributed by atoms with van der Waals surface area (Å²) in [4.78, 5) is 23.6. The normalized spacial score (nSPS) is 12.0. The van der Waals surface area contributed by atoms with E-state index < -0.39 is 6.04 Å². The maximum atomic E-state index is 12.3. The van der Waals surface area contributed by atoms with Crippen molar-refractivity contribution in [2.45, 2.75) is 142 Å². The lowest BCUT2D eigenvalue weighted by Gasteiger charge is -2.17. The van der Waals surface area contributed by atoms with Crippen molar-refractivity contribution in [1.29, 1.82) is 0 Å². The summed E-state index contributed by atoms with van der Waals surface area (Å²) < 4.78 is 0. The van der Waals surface area contributed by atoms with Crippen molar-refractivity contribution in [3.8, 4) is 0 Å². The Morgan fingerprint density at radius 3 is 1.55 bits per heavy atom. The van der Waals surface area contributed by atoms with E-state index in [4.69, 9.17) is 5.73 Å². The Labute approximate surface area is 193 Å². The molecule has 5 nitrogen and oxygen atoms in total. The quantitative estimate of drug-likeness (QED) is 0.171. The first kappa shape index (κ1) is 29.9. The van der Waals surface area contributed by atoms with Crippen LogP contribution in [-0.4, -0.2) is 30.9 Å². The molecular formula is C26H53N3O2. The Morgan fingerprint density at radius 2 is 1.13 bits per heavy atom. The maximum Gasteiger partial charge on any atom is 0.242 e. The second-order valence-corrected chi connectivity index (χ2v) is 9.13. The summed E-state index contributed by atoms with van der Waals surface area (Å²) in [6.07, 6.45) is 23.9. The van der Waals surface area contributed by atoms with Gasteiger partial charge in [-0.05, 0) is 32.2 Å². The smallest absolute Gasteiger partial charge is 0.242 e. The predicted octanol–water partition coefficient (Wildman–Crippen LogP) is 6.00. The molecule has 0 aromatic carbocycles. The highest BCUT2D eigenvalue weighted by atomic mass is 16.2. The zero-order chi connectivity index (χ0) is 23.0. The Bertz CT molecular complexity index is 415.